The first-order valence-corrected chi connectivity index (χ1v) is 5.73. The van der Waals surface area contributed by atoms with Gasteiger partial charge in [0.2, 0.25) is 0 Å². The van der Waals surface area contributed by atoms with Crippen LogP contribution in [-0.4, -0.2) is 0 Å². The van der Waals surface area contributed by atoms with Crippen LogP contribution in [0.2, 0.25) is 0 Å². The Labute approximate surface area is 190 Å². The van der Waals surface area contributed by atoms with Crippen molar-refractivity contribution >= 4 is 0 Å². The van der Waals surface area contributed by atoms with Crippen molar-refractivity contribution in [2.75, 3.05) is 0 Å². The minimum Gasteiger partial charge on any atom is -0.358 e. The second-order valence-electron chi connectivity index (χ2n) is 4.73. The maximum atomic E-state index is 2.19. The molecule has 0 fully saturated rings. The van der Waals surface area contributed by atoms with E-state index in [0.717, 1.165) is 5.92 Å². The SMILES string of the molecule is CC.CC.CC(C)(C)C.CC(C)C.[CH3-].[Y].[Y].[Y]. The van der Waals surface area contributed by atoms with Gasteiger partial charge in [-0.3, -0.25) is 0 Å². The summed E-state index contributed by atoms with van der Waals surface area (Å²) in [5.41, 5.74) is 0.500. The van der Waals surface area contributed by atoms with E-state index >= 15 is 0 Å². The molecular weight excluding hydrogens is 435 g/mol. The van der Waals surface area contributed by atoms with E-state index in [1.165, 1.54) is 0 Å². The van der Waals surface area contributed by atoms with Gasteiger partial charge in [-0.1, -0.05) is 76.2 Å². The summed E-state index contributed by atoms with van der Waals surface area (Å²) in [6.45, 7) is 23.3. The molecule has 0 spiro atoms. The van der Waals surface area contributed by atoms with Crippen molar-refractivity contribution in [3.05, 3.63) is 7.43 Å². The summed E-state index contributed by atoms with van der Waals surface area (Å²) in [4.78, 5) is 0. The summed E-state index contributed by atoms with van der Waals surface area (Å²) in [5, 5.41) is 0. The average molecular weight is 472 g/mol. The zero-order valence-corrected chi connectivity index (χ0v) is 23.3. The maximum absolute atomic E-state index is 2.19. The molecule has 0 amide bonds. The number of rotatable bonds is 0. The summed E-state index contributed by atoms with van der Waals surface area (Å²) < 4.78 is 0. The minimum atomic E-state index is 0. The quantitative estimate of drug-likeness (QED) is 0.368. The van der Waals surface area contributed by atoms with Gasteiger partial charge in [-0.15, -0.1) is 0 Å². The molecule has 0 saturated heterocycles. The number of hydrogen-bond acceptors (Lipinski definition) is 0. The molecule has 0 aromatic heterocycles. The van der Waals surface area contributed by atoms with Crippen LogP contribution in [0.4, 0.5) is 0 Å². The summed E-state index contributed by atoms with van der Waals surface area (Å²) in [6, 6.07) is 0. The monoisotopic (exact) mass is 472 g/mol. The fraction of sp³-hybridized carbons (Fsp3) is 0.929. The first-order valence-electron chi connectivity index (χ1n) is 5.73. The van der Waals surface area contributed by atoms with E-state index in [2.05, 4.69) is 48.5 Å². The average Bonchev–Trinajstić information content (AvgIpc) is 1.90. The summed E-state index contributed by atoms with van der Waals surface area (Å²) in [6.07, 6.45) is 0. The van der Waals surface area contributed by atoms with Gasteiger partial charge in [0.15, 0.2) is 0 Å². The van der Waals surface area contributed by atoms with Crippen molar-refractivity contribution in [1.82, 2.24) is 0 Å². The summed E-state index contributed by atoms with van der Waals surface area (Å²) in [5.74, 6) is 0.833. The van der Waals surface area contributed by atoms with Gasteiger partial charge in [0.1, 0.15) is 0 Å². The van der Waals surface area contributed by atoms with Crippen molar-refractivity contribution in [3.8, 4) is 0 Å². The molecule has 0 nitrogen and oxygen atoms in total. The van der Waals surface area contributed by atoms with Crippen LogP contribution in [0.5, 0.6) is 0 Å². The standard InChI is InChI=1S/C5H12.C4H10.2C2H6.CH3.3Y/c1-5(2,3)4;1-4(2)3;2*1-2;;;;/h1-4H3;4H,1-3H3;2*1-2H3;1H3;;;/q;;;;-1;;;. The van der Waals surface area contributed by atoms with Gasteiger partial charge in [-0.25, -0.2) is 0 Å². The van der Waals surface area contributed by atoms with E-state index in [1.54, 1.807) is 0 Å². The smallest absolute Gasteiger partial charge is 0 e. The first-order chi connectivity index (χ1) is 5.73. The maximum Gasteiger partial charge on any atom is 0 e. The molecule has 3 heteroatoms. The van der Waals surface area contributed by atoms with Gasteiger partial charge >= 0.3 is 0 Å². The molecule has 0 aliphatic rings. The Bertz CT molecular complexity index is 48.2. The second-order valence-corrected chi connectivity index (χ2v) is 4.73. The molecule has 0 aromatic rings. The molecule has 3 radical (unpaired) electrons. The Morgan fingerprint density at radius 3 is 0.588 bits per heavy atom. The van der Waals surface area contributed by atoms with Gasteiger partial charge in [0.05, 0.1) is 0 Å². The number of hydrogen-bond donors (Lipinski definition) is 0. The van der Waals surface area contributed by atoms with E-state index in [9.17, 15) is 0 Å². The molecular formula is C14H37Y3-. The first kappa shape index (κ1) is 50.0. The third kappa shape index (κ3) is 528. The normalized spacial score (nSPS) is 6.35. The predicted molar refractivity (Wildman–Crippen MR) is 74.8 cm³/mol. The molecule has 17 heavy (non-hydrogen) atoms. The zero-order valence-electron chi connectivity index (χ0n) is 14.8. The van der Waals surface area contributed by atoms with Crippen molar-refractivity contribution < 1.29 is 98.1 Å². The van der Waals surface area contributed by atoms with Gasteiger partial charge in [-0.2, -0.15) is 0 Å². The zero-order chi connectivity index (χ0) is 12.1. The van der Waals surface area contributed by atoms with Crippen LogP contribution < -0.4 is 0 Å². The molecule has 0 aromatic carbocycles. The summed E-state index contributed by atoms with van der Waals surface area (Å²) in [7, 11) is 0. The van der Waals surface area contributed by atoms with E-state index in [0.29, 0.717) is 5.41 Å². The molecule has 0 unspecified atom stereocenters. The van der Waals surface area contributed by atoms with Crippen LogP contribution in [-0.2, 0) is 98.1 Å². The molecule has 0 heterocycles. The Hall–Kier alpha value is 3.31. The van der Waals surface area contributed by atoms with Crippen LogP contribution in [0.25, 0.3) is 0 Å². The van der Waals surface area contributed by atoms with Gasteiger partial charge in [0.25, 0.3) is 0 Å². The third-order valence-electron chi connectivity index (χ3n) is 0. The molecule has 0 bridgehead atoms. The molecule has 0 aliphatic heterocycles. The van der Waals surface area contributed by atoms with Crippen LogP contribution in [0.3, 0.4) is 0 Å². The van der Waals surface area contributed by atoms with Crippen molar-refractivity contribution in [2.45, 2.75) is 76.2 Å². The van der Waals surface area contributed by atoms with Gasteiger partial charge in [0, 0.05) is 98.1 Å². The van der Waals surface area contributed by atoms with Crippen LogP contribution >= 0.6 is 0 Å². The predicted octanol–water partition coefficient (Wildman–Crippen LogP) is 6.21. The Morgan fingerprint density at radius 2 is 0.588 bits per heavy atom. The molecule has 0 N–H and O–H groups in total. The summed E-state index contributed by atoms with van der Waals surface area (Å²) >= 11 is 0. The van der Waals surface area contributed by atoms with Crippen molar-refractivity contribution in [3.63, 3.8) is 0 Å². The minimum absolute atomic E-state index is 0. The second kappa shape index (κ2) is 42.7. The van der Waals surface area contributed by atoms with Crippen molar-refractivity contribution in [2.24, 2.45) is 11.3 Å². The van der Waals surface area contributed by atoms with Crippen LogP contribution in [0.1, 0.15) is 76.2 Å². The Balaban J connectivity index is -0.0000000105. The fourth-order valence-corrected chi connectivity index (χ4v) is 0. The fourth-order valence-electron chi connectivity index (χ4n) is 0. The topological polar surface area (TPSA) is 0 Å². The van der Waals surface area contributed by atoms with E-state index in [4.69, 9.17) is 0 Å². The third-order valence-corrected chi connectivity index (χ3v) is 0. The van der Waals surface area contributed by atoms with Crippen molar-refractivity contribution in [1.29, 1.82) is 0 Å². The molecule has 0 saturated carbocycles. The van der Waals surface area contributed by atoms with Crippen LogP contribution in [0, 0.1) is 18.8 Å². The van der Waals surface area contributed by atoms with E-state index in [-0.39, 0.29) is 106 Å². The largest absolute Gasteiger partial charge is 0.358 e. The Kier molecular flexibility index (Phi) is 126. The van der Waals surface area contributed by atoms with E-state index < -0.39 is 0 Å². The molecule has 0 rings (SSSR count). The Morgan fingerprint density at radius 1 is 0.588 bits per heavy atom. The van der Waals surface area contributed by atoms with Gasteiger partial charge < -0.3 is 7.43 Å². The molecule has 0 aliphatic carbocycles. The van der Waals surface area contributed by atoms with Gasteiger partial charge in [-0.05, 0) is 11.3 Å². The molecule has 0 atom stereocenters. The van der Waals surface area contributed by atoms with Crippen LogP contribution in [0.15, 0.2) is 0 Å². The van der Waals surface area contributed by atoms with E-state index in [1.807, 2.05) is 27.7 Å². The molecule has 103 valence electrons.